The molecule has 1 N–H and O–H groups in total. The second-order valence-corrected chi connectivity index (χ2v) is 6.79. The van der Waals surface area contributed by atoms with Gasteiger partial charge in [0.15, 0.2) is 0 Å². The van der Waals surface area contributed by atoms with E-state index in [-0.39, 0.29) is 5.97 Å². The van der Waals surface area contributed by atoms with E-state index in [1.54, 1.807) is 0 Å². The third-order valence-electron chi connectivity index (χ3n) is 4.43. The van der Waals surface area contributed by atoms with Crippen molar-refractivity contribution in [2.75, 3.05) is 13.1 Å². The van der Waals surface area contributed by atoms with E-state index < -0.39 is 5.60 Å². The SMILES string of the molecule is Cc1cccc(Br)c1C(=O)OC1(c2ccccc2)CCNCC1. The minimum atomic E-state index is -0.550. The van der Waals surface area contributed by atoms with Crippen LogP contribution in [0.1, 0.15) is 34.3 Å². The van der Waals surface area contributed by atoms with E-state index in [0.717, 1.165) is 41.5 Å². The number of carbonyl (C=O) groups excluding carboxylic acids is 1. The van der Waals surface area contributed by atoms with Crippen LogP contribution in [0.25, 0.3) is 0 Å². The van der Waals surface area contributed by atoms with Crippen LogP contribution in [-0.4, -0.2) is 19.1 Å². The summed E-state index contributed by atoms with van der Waals surface area (Å²) < 4.78 is 6.88. The van der Waals surface area contributed by atoms with E-state index in [1.165, 1.54) is 0 Å². The van der Waals surface area contributed by atoms with Gasteiger partial charge in [0.25, 0.3) is 0 Å². The Bertz CT molecular complexity index is 674. The highest BCUT2D eigenvalue weighted by Crippen LogP contribution is 2.36. The lowest BCUT2D eigenvalue weighted by Crippen LogP contribution is -2.43. The van der Waals surface area contributed by atoms with Crippen molar-refractivity contribution in [2.24, 2.45) is 0 Å². The molecule has 1 aliphatic rings. The van der Waals surface area contributed by atoms with E-state index in [9.17, 15) is 4.79 Å². The Hall–Kier alpha value is -1.65. The Morgan fingerprint density at radius 1 is 1.09 bits per heavy atom. The molecule has 0 bridgehead atoms. The number of esters is 1. The van der Waals surface area contributed by atoms with Crippen LogP contribution in [0.5, 0.6) is 0 Å². The second kappa shape index (κ2) is 6.85. The number of aryl methyl sites for hydroxylation is 1. The summed E-state index contributed by atoms with van der Waals surface area (Å²) in [5.41, 5.74) is 2.05. The average molecular weight is 374 g/mol. The van der Waals surface area contributed by atoms with Crippen LogP contribution in [0, 0.1) is 6.92 Å². The van der Waals surface area contributed by atoms with Crippen molar-refractivity contribution >= 4 is 21.9 Å². The fourth-order valence-corrected chi connectivity index (χ4v) is 3.77. The summed E-state index contributed by atoms with van der Waals surface area (Å²) >= 11 is 3.47. The first kappa shape index (κ1) is 16.2. The van der Waals surface area contributed by atoms with Gasteiger partial charge >= 0.3 is 5.97 Å². The van der Waals surface area contributed by atoms with E-state index in [2.05, 4.69) is 21.2 Å². The zero-order valence-electron chi connectivity index (χ0n) is 13.1. The van der Waals surface area contributed by atoms with Crippen LogP contribution in [0.2, 0.25) is 0 Å². The van der Waals surface area contributed by atoms with Gasteiger partial charge in [-0.3, -0.25) is 0 Å². The quantitative estimate of drug-likeness (QED) is 0.819. The van der Waals surface area contributed by atoms with Gasteiger partial charge in [0.1, 0.15) is 5.60 Å². The van der Waals surface area contributed by atoms with E-state index in [1.807, 2.05) is 55.5 Å². The van der Waals surface area contributed by atoms with Gasteiger partial charge in [-0.15, -0.1) is 0 Å². The minimum Gasteiger partial charge on any atom is -0.450 e. The van der Waals surface area contributed by atoms with Gasteiger partial charge in [-0.05, 0) is 53.1 Å². The number of rotatable bonds is 3. The summed E-state index contributed by atoms with van der Waals surface area (Å²) in [6.45, 7) is 3.62. The van der Waals surface area contributed by atoms with Crippen molar-refractivity contribution in [3.05, 3.63) is 69.7 Å². The van der Waals surface area contributed by atoms with E-state index in [4.69, 9.17) is 4.74 Å². The fraction of sp³-hybridized carbons (Fsp3) is 0.316. The van der Waals surface area contributed by atoms with E-state index >= 15 is 0 Å². The lowest BCUT2D eigenvalue weighted by molar-refractivity contribution is -0.0379. The van der Waals surface area contributed by atoms with Crippen molar-refractivity contribution in [1.29, 1.82) is 0 Å². The maximum atomic E-state index is 12.9. The first-order valence-electron chi connectivity index (χ1n) is 7.87. The van der Waals surface area contributed by atoms with Gasteiger partial charge in [0, 0.05) is 17.3 Å². The zero-order valence-corrected chi connectivity index (χ0v) is 14.7. The van der Waals surface area contributed by atoms with Gasteiger partial charge in [-0.2, -0.15) is 0 Å². The molecule has 0 unspecified atom stereocenters. The first-order chi connectivity index (χ1) is 11.1. The second-order valence-electron chi connectivity index (χ2n) is 5.93. The van der Waals surface area contributed by atoms with E-state index in [0.29, 0.717) is 5.56 Å². The smallest absolute Gasteiger partial charge is 0.340 e. The summed E-state index contributed by atoms with van der Waals surface area (Å²) in [5, 5.41) is 3.34. The lowest BCUT2D eigenvalue weighted by atomic mass is 9.84. The highest BCUT2D eigenvalue weighted by atomic mass is 79.9. The fourth-order valence-electron chi connectivity index (χ4n) is 3.14. The molecule has 1 heterocycles. The number of halogens is 1. The van der Waals surface area contributed by atoms with Crippen molar-refractivity contribution in [1.82, 2.24) is 5.32 Å². The molecule has 3 rings (SSSR count). The molecule has 1 aliphatic heterocycles. The van der Waals surface area contributed by atoms with Crippen LogP contribution in [0.15, 0.2) is 53.0 Å². The Labute approximate surface area is 145 Å². The molecule has 4 heteroatoms. The van der Waals surface area contributed by atoms with Gasteiger partial charge in [-0.1, -0.05) is 42.5 Å². The molecule has 0 saturated carbocycles. The van der Waals surface area contributed by atoms with Crippen LogP contribution in [0.3, 0.4) is 0 Å². The maximum Gasteiger partial charge on any atom is 0.340 e. The molecule has 0 spiro atoms. The normalized spacial score (nSPS) is 16.8. The number of nitrogens with one attached hydrogen (secondary N) is 1. The lowest BCUT2D eigenvalue weighted by Gasteiger charge is -2.37. The molecule has 0 aliphatic carbocycles. The molecule has 0 aromatic heterocycles. The van der Waals surface area contributed by atoms with Crippen molar-refractivity contribution in [3.8, 4) is 0 Å². The Morgan fingerprint density at radius 2 is 1.78 bits per heavy atom. The molecule has 2 aromatic rings. The highest BCUT2D eigenvalue weighted by molar-refractivity contribution is 9.10. The Balaban J connectivity index is 1.95. The average Bonchev–Trinajstić information content (AvgIpc) is 2.56. The molecule has 120 valence electrons. The van der Waals surface area contributed by atoms with Crippen molar-refractivity contribution in [3.63, 3.8) is 0 Å². The number of hydrogen-bond acceptors (Lipinski definition) is 3. The molecular weight excluding hydrogens is 354 g/mol. The predicted molar refractivity (Wildman–Crippen MR) is 94.5 cm³/mol. The summed E-state index contributed by atoms with van der Waals surface area (Å²) in [4.78, 5) is 12.9. The molecule has 0 atom stereocenters. The molecule has 0 amide bonds. The number of benzene rings is 2. The number of hydrogen-bond donors (Lipinski definition) is 1. The van der Waals surface area contributed by atoms with Gasteiger partial charge in [-0.25, -0.2) is 4.79 Å². The molecule has 2 aromatic carbocycles. The number of ether oxygens (including phenoxy) is 1. The predicted octanol–water partition coefficient (Wildman–Crippen LogP) is 4.19. The van der Waals surface area contributed by atoms with Crippen molar-refractivity contribution < 1.29 is 9.53 Å². The van der Waals surface area contributed by atoms with Gasteiger partial charge in [0.05, 0.1) is 5.56 Å². The molecule has 1 saturated heterocycles. The Morgan fingerprint density at radius 3 is 2.43 bits per heavy atom. The molecule has 3 nitrogen and oxygen atoms in total. The van der Waals surface area contributed by atoms with Crippen LogP contribution in [-0.2, 0) is 10.3 Å². The monoisotopic (exact) mass is 373 g/mol. The highest BCUT2D eigenvalue weighted by Gasteiger charge is 2.38. The van der Waals surface area contributed by atoms with Crippen LogP contribution < -0.4 is 5.32 Å². The third-order valence-corrected chi connectivity index (χ3v) is 5.09. The van der Waals surface area contributed by atoms with Gasteiger partial charge in [0.2, 0.25) is 0 Å². The number of carbonyl (C=O) groups is 1. The maximum absolute atomic E-state index is 12.9. The van der Waals surface area contributed by atoms with Crippen LogP contribution >= 0.6 is 15.9 Å². The first-order valence-corrected chi connectivity index (χ1v) is 8.66. The van der Waals surface area contributed by atoms with Crippen molar-refractivity contribution in [2.45, 2.75) is 25.4 Å². The minimum absolute atomic E-state index is 0.263. The molecule has 1 fully saturated rings. The van der Waals surface area contributed by atoms with Gasteiger partial charge < -0.3 is 10.1 Å². The summed E-state index contributed by atoms with van der Waals surface area (Å²) in [5.74, 6) is -0.263. The Kier molecular flexibility index (Phi) is 4.83. The third kappa shape index (κ3) is 3.33. The topological polar surface area (TPSA) is 38.3 Å². The molecular formula is C19H20BrNO2. The molecule has 23 heavy (non-hydrogen) atoms. The summed E-state index contributed by atoms with van der Waals surface area (Å²) in [7, 11) is 0. The molecule has 0 radical (unpaired) electrons. The summed E-state index contributed by atoms with van der Waals surface area (Å²) in [6, 6.07) is 15.8. The largest absolute Gasteiger partial charge is 0.450 e. The van der Waals surface area contributed by atoms with Crippen LogP contribution in [0.4, 0.5) is 0 Å². The standard InChI is InChI=1S/C19H20BrNO2/c1-14-6-5-9-16(20)17(14)18(22)23-19(10-12-21-13-11-19)15-7-3-2-4-8-15/h2-9,21H,10-13H2,1H3. The summed E-state index contributed by atoms with van der Waals surface area (Å²) in [6.07, 6.45) is 1.57. The number of piperidine rings is 1. The zero-order chi connectivity index (χ0) is 16.3.